The Balaban J connectivity index is 2.34. The van der Waals surface area contributed by atoms with Crippen LogP contribution in [0.2, 0.25) is 0 Å². The van der Waals surface area contributed by atoms with Crippen LogP contribution >= 0.6 is 11.3 Å². The zero-order valence-electron chi connectivity index (χ0n) is 9.15. The predicted molar refractivity (Wildman–Crippen MR) is 61.7 cm³/mol. The van der Waals surface area contributed by atoms with E-state index in [0.29, 0.717) is 5.01 Å². The van der Waals surface area contributed by atoms with Crippen LogP contribution in [0.25, 0.3) is 0 Å². The number of benzene rings is 1. The smallest absolute Gasteiger partial charge is 0.164 e. The summed E-state index contributed by atoms with van der Waals surface area (Å²) in [7, 11) is 0. The Morgan fingerprint density at radius 2 is 2.18 bits per heavy atom. The SMILES string of the molecule is CC(O)(Cc1nccs1)c1cccc(F)c1F. The summed E-state index contributed by atoms with van der Waals surface area (Å²) < 4.78 is 26.7. The number of rotatable bonds is 3. The van der Waals surface area contributed by atoms with Crippen molar-refractivity contribution in [3.05, 3.63) is 52.0 Å². The molecule has 1 heterocycles. The lowest BCUT2D eigenvalue weighted by Crippen LogP contribution is -2.26. The van der Waals surface area contributed by atoms with Gasteiger partial charge in [0.25, 0.3) is 0 Å². The monoisotopic (exact) mass is 255 g/mol. The molecule has 1 unspecified atom stereocenters. The second-order valence-electron chi connectivity index (χ2n) is 3.98. The van der Waals surface area contributed by atoms with Gasteiger partial charge in [0.1, 0.15) is 0 Å². The summed E-state index contributed by atoms with van der Waals surface area (Å²) in [5.41, 5.74) is -1.52. The van der Waals surface area contributed by atoms with Crippen molar-refractivity contribution >= 4 is 11.3 Å². The lowest BCUT2D eigenvalue weighted by molar-refractivity contribution is 0.0530. The number of halogens is 2. The summed E-state index contributed by atoms with van der Waals surface area (Å²) in [6.07, 6.45) is 1.77. The molecule has 90 valence electrons. The van der Waals surface area contributed by atoms with Crippen molar-refractivity contribution in [3.8, 4) is 0 Å². The Kier molecular flexibility index (Phi) is 3.22. The van der Waals surface area contributed by atoms with Crippen molar-refractivity contribution in [2.45, 2.75) is 18.9 Å². The Hall–Kier alpha value is -1.33. The van der Waals surface area contributed by atoms with E-state index in [9.17, 15) is 13.9 Å². The van der Waals surface area contributed by atoms with E-state index in [0.717, 1.165) is 6.07 Å². The number of thiazole rings is 1. The normalized spacial score (nSPS) is 14.6. The highest BCUT2D eigenvalue weighted by Crippen LogP contribution is 2.29. The average molecular weight is 255 g/mol. The van der Waals surface area contributed by atoms with Gasteiger partial charge in [-0.25, -0.2) is 13.8 Å². The van der Waals surface area contributed by atoms with Crippen LogP contribution in [0.15, 0.2) is 29.8 Å². The lowest BCUT2D eigenvalue weighted by atomic mass is 9.92. The second-order valence-corrected chi connectivity index (χ2v) is 4.96. The summed E-state index contributed by atoms with van der Waals surface area (Å²) in [5.74, 6) is -1.96. The van der Waals surface area contributed by atoms with Gasteiger partial charge in [-0.1, -0.05) is 12.1 Å². The molecule has 0 saturated carbocycles. The van der Waals surface area contributed by atoms with E-state index < -0.39 is 17.2 Å². The van der Waals surface area contributed by atoms with E-state index in [1.807, 2.05) is 0 Å². The van der Waals surface area contributed by atoms with Crippen LogP contribution in [-0.4, -0.2) is 10.1 Å². The molecule has 0 aliphatic heterocycles. The van der Waals surface area contributed by atoms with Crippen molar-refractivity contribution in [3.63, 3.8) is 0 Å². The molecule has 2 rings (SSSR count). The van der Waals surface area contributed by atoms with E-state index in [2.05, 4.69) is 4.98 Å². The number of hydrogen-bond donors (Lipinski definition) is 1. The number of aliphatic hydroxyl groups is 1. The molecular weight excluding hydrogens is 244 g/mol. The van der Waals surface area contributed by atoms with E-state index in [1.165, 1.54) is 30.4 Å². The van der Waals surface area contributed by atoms with E-state index in [4.69, 9.17) is 0 Å². The first-order valence-corrected chi connectivity index (χ1v) is 5.94. The molecule has 1 N–H and O–H groups in total. The zero-order chi connectivity index (χ0) is 12.5. The van der Waals surface area contributed by atoms with E-state index in [-0.39, 0.29) is 12.0 Å². The van der Waals surface area contributed by atoms with Crippen molar-refractivity contribution in [2.24, 2.45) is 0 Å². The highest BCUT2D eigenvalue weighted by Gasteiger charge is 2.29. The molecule has 0 fully saturated rings. The molecule has 17 heavy (non-hydrogen) atoms. The van der Waals surface area contributed by atoms with Crippen LogP contribution < -0.4 is 0 Å². The van der Waals surface area contributed by atoms with Crippen LogP contribution in [-0.2, 0) is 12.0 Å². The summed E-state index contributed by atoms with van der Waals surface area (Å²) in [6.45, 7) is 1.45. The maximum atomic E-state index is 13.6. The molecule has 1 atom stereocenters. The Labute approximate surface area is 102 Å². The van der Waals surface area contributed by atoms with Crippen molar-refractivity contribution < 1.29 is 13.9 Å². The first kappa shape index (κ1) is 12.1. The topological polar surface area (TPSA) is 33.1 Å². The van der Waals surface area contributed by atoms with E-state index >= 15 is 0 Å². The minimum absolute atomic E-state index is 0.0484. The van der Waals surface area contributed by atoms with Gasteiger partial charge >= 0.3 is 0 Å². The standard InChI is InChI=1S/C12H11F2NOS/c1-12(16,7-10-15-5-6-17-10)8-3-2-4-9(13)11(8)14/h2-6,16H,7H2,1H3. The first-order valence-electron chi connectivity index (χ1n) is 5.06. The molecule has 0 saturated heterocycles. The Bertz CT molecular complexity index is 511. The van der Waals surface area contributed by atoms with Crippen molar-refractivity contribution in [1.29, 1.82) is 0 Å². The molecule has 0 spiro atoms. The van der Waals surface area contributed by atoms with Gasteiger partial charge in [0.05, 0.1) is 10.6 Å². The summed E-state index contributed by atoms with van der Waals surface area (Å²) in [6, 6.07) is 3.79. The molecule has 1 aromatic heterocycles. The molecule has 2 nitrogen and oxygen atoms in total. The Morgan fingerprint density at radius 1 is 1.41 bits per heavy atom. The molecule has 0 amide bonds. The van der Waals surface area contributed by atoms with Gasteiger partial charge in [0.2, 0.25) is 0 Å². The third-order valence-electron chi connectivity index (χ3n) is 2.51. The van der Waals surface area contributed by atoms with Crippen LogP contribution in [0.5, 0.6) is 0 Å². The maximum Gasteiger partial charge on any atom is 0.164 e. The zero-order valence-corrected chi connectivity index (χ0v) is 9.97. The van der Waals surface area contributed by atoms with Crippen molar-refractivity contribution in [1.82, 2.24) is 4.98 Å². The maximum absolute atomic E-state index is 13.6. The third-order valence-corrected chi connectivity index (χ3v) is 3.29. The molecular formula is C12H11F2NOS. The Morgan fingerprint density at radius 3 is 2.82 bits per heavy atom. The van der Waals surface area contributed by atoms with Crippen LogP contribution in [0.3, 0.4) is 0 Å². The average Bonchev–Trinajstić information content (AvgIpc) is 2.73. The molecule has 0 aliphatic rings. The number of nitrogens with zero attached hydrogens (tertiary/aromatic N) is 1. The van der Waals surface area contributed by atoms with Gasteiger partial charge < -0.3 is 5.11 Å². The quantitative estimate of drug-likeness (QED) is 0.914. The van der Waals surface area contributed by atoms with Gasteiger partial charge in [-0.2, -0.15) is 0 Å². The molecule has 0 aliphatic carbocycles. The van der Waals surface area contributed by atoms with E-state index in [1.54, 1.807) is 11.6 Å². The van der Waals surface area contributed by atoms with Crippen LogP contribution in [0.4, 0.5) is 8.78 Å². The predicted octanol–water partition coefficient (Wildman–Crippen LogP) is 2.87. The van der Waals surface area contributed by atoms with Gasteiger partial charge in [0.15, 0.2) is 11.6 Å². The summed E-state index contributed by atoms with van der Waals surface area (Å²) in [5, 5.41) is 12.7. The molecule has 0 bridgehead atoms. The minimum Gasteiger partial charge on any atom is -0.385 e. The van der Waals surface area contributed by atoms with Gasteiger partial charge in [-0.15, -0.1) is 11.3 Å². The van der Waals surface area contributed by atoms with Crippen molar-refractivity contribution in [2.75, 3.05) is 0 Å². The largest absolute Gasteiger partial charge is 0.385 e. The highest BCUT2D eigenvalue weighted by atomic mass is 32.1. The number of aromatic nitrogens is 1. The van der Waals surface area contributed by atoms with Gasteiger partial charge in [-0.05, 0) is 13.0 Å². The number of hydrogen-bond acceptors (Lipinski definition) is 3. The van der Waals surface area contributed by atoms with Gasteiger partial charge in [-0.3, -0.25) is 0 Å². The second kappa shape index (κ2) is 4.50. The fourth-order valence-corrected chi connectivity index (χ4v) is 2.41. The van der Waals surface area contributed by atoms with Gasteiger partial charge in [0, 0.05) is 23.6 Å². The third kappa shape index (κ3) is 2.50. The fourth-order valence-electron chi connectivity index (χ4n) is 1.65. The summed E-state index contributed by atoms with van der Waals surface area (Å²) in [4.78, 5) is 4.02. The highest BCUT2D eigenvalue weighted by molar-refractivity contribution is 7.09. The van der Waals surface area contributed by atoms with Crippen LogP contribution in [0, 0.1) is 11.6 Å². The fraction of sp³-hybridized carbons (Fsp3) is 0.250. The van der Waals surface area contributed by atoms with Crippen LogP contribution in [0.1, 0.15) is 17.5 Å². The lowest BCUT2D eigenvalue weighted by Gasteiger charge is -2.23. The molecule has 2 aromatic rings. The molecule has 1 aromatic carbocycles. The first-order chi connectivity index (χ1) is 8.00. The molecule has 0 radical (unpaired) electrons. The minimum atomic E-state index is -1.47. The molecule has 5 heteroatoms. The summed E-state index contributed by atoms with van der Waals surface area (Å²) >= 11 is 1.37.